The summed E-state index contributed by atoms with van der Waals surface area (Å²) < 4.78 is 31.8. The van der Waals surface area contributed by atoms with Crippen molar-refractivity contribution in [1.82, 2.24) is 0 Å². The Kier molecular flexibility index (Phi) is 3.82. The third-order valence-corrected chi connectivity index (χ3v) is 2.84. The number of aryl methyl sites for hydroxylation is 1. The summed E-state index contributed by atoms with van der Waals surface area (Å²) in [6, 6.07) is 9.04. The number of rotatable bonds is 3. The molecule has 0 heterocycles. The first-order valence-corrected chi connectivity index (χ1v) is 5.77. The molecule has 4 heteroatoms. The molecular weight excluding hydrogens is 258 g/mol. The fourth-order valence-corrected chi connectivity index (χ4v) is 1.58. The summed E-state index contributed by atoms with van der Waals surface area (Å²) in [6.07, 6.45) is 0. The van der Waals surface area contributed by atoms with E-state index in [1.807, 2.05) is 0 Å². The highest BCUT2D eigenvalue weighted by Crippen LogP contribution is 2.19. The van der Waals surface area contributed by atoms with Crippen LogP contribution in [0.15, 0.2) is 36.4 Å². The average Bonchev–Trinajstić information content (AvgIpc) is 2.35. The second-order valence-corrected chi connectivity index (χ2v) is 4.36. The van der Waals surface area contributed by atoms with Gasteiger partial charge in [0.05, 0.1) is 5.02 Å². The summed E-state index contributed by atoms with van der Waals surface area (Å²) >= 11 is 5.57. The summed E-state index contributed by atoms with van der Waals surface area (Å²) in [5.74, 6) is -0.406. The Morgan fingerprint density at radius 2 is 1.83 bits per heavy atom. The lowest BCUT2D eigenvalue weighted by Crippen LogP contribution is -1.97. The Morgan fingerprint density at radius 3 is 2.50 bits per heavy atom. The molecular formula is C14H11ClF2O. The molecule has 0 radical (unpaired) electrons. The molecule has 0 amide bonds. The van der Waals surface area contributed by atoms with Crippen molar-refractivity contribution in [3.63, 3.8) is 0 Å². The molecule has 0 fully saturated rings. The summed E-state index contributed by atoms with van der Waals surface area (Å²) in [4.78, 5) is 0. The minimum atomic E-state index is -0.493. The summed E-state index contributed by atoms with van der Waals surface area (Å²) in [7, 11) is 0. The van der Waals surface area contributed by atoms with Gasteiger partial charge >= 0.3 is 0 Å². The maximum atomic E-state index is 13.3. The highest BCUT2D eigenvalue weighted by Gasteiger charge is 2.03. The Hall–Kier alpha value is -1.61. The van der Waals surface area contributed by atoms with Crippen LogP contribution in [0, 0.1) is 18.6 Å². The van der Waals surface area contributed by atoms with E-state index in [1.54, 1.807) is 25.1 Å². The molecule has 0 unspecified atom stereocenters. The predicted octanol–water partition coefficient (Wildman–Crippen LogP) is 4.51. The lowest BCUT2D eigenvalue weighted by atomic mass is 10.2. The second-order valence-electron chi connectivity index (χ2n) is 3.95. The van der Waals surface area contributed by atoms with Crippen molar-refractivity contribution in [2.45, 2.75) is 13.5 Å². The molecule has 1 nitrogen and oxygen atoms in total. The monoisotopic (exact) mass is 268 g/mol. The van der Waals surface area contributed by atoms with Gasteiger partial charge in [-0.15, -0.1) is 0 Å². The van der Waals surface area contributed by atoms with Crippen LogP contribution in [0.4, 0.5) is 8.78 Å². The van der Waals surface area contributed by atoms with Gasteiger partial charge in [-0.05, 0) is 36.2 Å². The first-order valence-electron chi connectivity index (χ1n) is 5.39. The van der Waals surface area contributed by atoms with Gasteiger partial charge in [-0.3, -0.25) is 0 Å². The molecule has 0 spiro atoms. The van der Waals surface area contributed by atoms with Crippen LogP contribution < -0.4 is 4.74 Å². The van der Waals surface area contributed by atoms with E-state index in [0.717, 1.165) is 0 Å². The van der Waals surface area contributed by atoms with Crippen LogP contribution in [0.25, 0.3) is 0 Å². The maximum Gasteiger partial charge on any atom is 0.142 e. The van der Waals surface area contributed by atoms with E-state index in [9.17, 15) is 8.78 Å². The second kappa shape index (κ2) is 5.36. The average molecular weight is 269 g/mol. The SMILES string of the molecule is Cc1ccc(OCc2ccc(Cl)c(F)c2)cc1F. The van der Waals surface area contributed by atoms with Crippen LogP contribution in [0.5, 0.6) is 5.75 Å². The van der Waals surface area contributed by atoms with E-state index in [0.29, 0.717) is 16.9 Å². The molecule has 0 atom stereocenters. The maximum absolute atomic E-state index is 13.3. The number of ether oxygens (including phenoxy) is 1. The van der Waals surface area contributed by atoms with Gasteiger partial charge < -0.3 is 4.74 Å². The highest BCUT2D eigenvalue weighted by atomic mass is 35.5. The third kappa shape index (κ3) is 2.99. The van der Waals surface area contributed by atoms with Crippen LogP contribution in [0.1, 0.15) is 11.1 Å². The van der Waals surface area contributed by atoms with E-state index in [1.165, 1.54) is 18.2 Å². The lowest BCUT2D eigenvalue weighted by Gasteiger charge is -2.07. The molecule has 0 aliphatic rings. The molecule has 2 aromatic carbocycles. The van der Waals surface area contributed by atoms with Crippen LogP contribution in [0.3, 0.4) is 0 Å². The Labute approximate surface area is 109 Å². The quantitative estimate of drug-likeness (QED) is 0.796. The lowest BCUT2D eigenvalue weighted by molar-refractivity contribution is 0.304. The largest absolute Gasteiger partial charge is 0.489 e. The first kappa shape index (κ1) is 12.8. The van der Waals surface area contributed by atoms with E-state index < -0.39 is 5.82 Å². The molecule has 0 aromatic heterocycles. The summed E-state index contributed by atoms with van der Waals surface area (Å²) in [5, 5.41) is 0.0696. The molecule has 0 saturated carbocycles. The van der Waals surface area contributed by atoms with Gasteiger partial charge in [0.15, 0.2) is 0 Å². The van der Waals surface area contributed by atoms with E-state index >= 15 is 0 Å². The van der Waals surface area contributed by atoms with E-state index in [2.05, 4.69) is 0 Å². The molecule has 0 saturated heterocycles. The molecule has 0 bridgehead atoms. The van der Waals surface area contributed by atoms with Gasteiger partial charge in [-0.25, -0.2) is 8.78 Å². The molecule has 94 valence electrons. The van der Waals surface area contributed by atoms with Gasteiger partial charge in [0, 0.05) is 6.07 Å². The van der Waals surface area contributed by atoms with Crippen molar-refractivity contribution >= 4 is 11.6 Å². The van der Waals surface area contributed by atoms with Crippen molar-refractivity contribution in [2.24, 2.45) is 0 Å². The molecule has 2 rings (SSSR count). The zero-order valence-electron chi connectivity index (χ0n) is 9.71. The van der Waals surface area contributed by atoms with Crippen molar-refractivity contribution < 1.29 is 13.5 Å². The number of halogens is 3. The van der Waals surface area contributed by atoms with Crippen LogP contribution >= 0.6 is 11.6 Å². The molecule has 0 aliphatic heterocycles. The normalized spacial score (nSPS) is 10.4. The number of benzene rings is 2. The van der Waals surface area contributed by atoms with E-state index in [4.69, 9.17) is 16.3 Å². The topological polar surface area (TPSA) is 9.23 Å². The predicted molar refractivity (Wildman–Crippen MR) is 66.9 cm³/mol. The Bertz CT molecular complexity index is 518. The Morgan fingerprint density at radius 1 is 1.06 bits per heavy atom. The third-order valence-electron chi connectivity index (χ3n) is 2.53. The van der Waals surface area contributed by atoms with Crippen molar-refractivity contribution in [3.8, 4) is 5.75 Å². The van der Waals surface area contributed by atoms with Gasteiger partial charge in [-0.2, -0.15) is 0 Å². The minimum absolute atomic E-state index is 0.0696. The van der Waals surface area contributed by atoms with Gasteiger partial charge in [0.1, 0.15) is 24.0 Å². The highest BCUT2D eigenvalue weighted by molar-refractivity contribution is 6.30. The number of hydrogen-bond donors (Lipinski definition) is 0. The van der Waals surface area contributed by atoms with Gasteiger partial charge in [0.2, 0.25) is 0 Å². The molecule has 2 aromatic rings. The van der Waals surface area contributed by atoms with Crippen molar-refractivity contribution in [1.29, 1.82) is 0 Å². The van der Waals surface area contributed by atoms with Crippen LogP contribution in [0.2, 0.25) is 5.02 Å². The molecule has 18 heavy (non-hydrogen) atoms. The summed E-state index contributed by atoms with van der Waals surface area (Å²) in [5.41, 5.74) is 1.19. The molecule has 0 N–H and O–H groups in total. The van der Waals surface area contributed by atoms with Gasteiger partial charge in [-0.1, -0.05) is 23.7 Å². The van der Waals surface area contributed by atoms with E-state index in [-0.39, 0.29) is 17.4 Å². The standard InChI is InChI=1S/C14H11ClF2O/c1-9-2-4-11(7-13(9)16)18-8-10-3-5-12(15)14(17)6-10/h2-7H,8H2,1H3. The van der Waals surface area contributed by atoms with Crippen LogP contribution in [-0.4, -0.2) is 0 Å². The fourth-order valence-electron chi connectivity index (χ4n) is 1.46. The zero-order chi connectivity index (χ0) is 13.1. The van der Waals surface area contributed by atoms with Crippen molar-refractivity contribution in [3.05, 3.63) is 64.2 Å². The minimum Gasteiger partial charge on any atom is -0.489 e. The van der Waals surface area contributed by atoms with Gasteiger partial charge in [0.25, 0.3) is 0 Å². The Balaban J connectivity index is 2.06. The number of hydrogen-bond acceptors (Lipinski definition) is 1. The zero-order valence-corrected chi connectivity index (χ0v) is 10.5. The fraction of sp³-hybridized carbons (Fsp3) is 0.143. The van der Waals surface area contributed by atoms with Crippen molar-refractivity contribution in [2.75, 3.05) is 0 Å². The molecule has 0 aliphatic carbocycles. The smallest absolute Gasteiger partial charge is 0.142 e. The van der Waals surface area contributed by atoms with Crippen LogP contribution in [-0.2, 0) is 6.61 Å². The summed E-state index contributed by atoms with van der Waals surface area (Å²) in [6.45, 7) is 1.84. The first-order chi connectivity index (χ1) is 8.56.